The summed E-state index contributed by atoms with van der Waals surface area (Å²) < 4.78 is 15.5. The minimum Gasteiger partial charge on any atom is -0.496 e. The highest BCUT2D eigenvalue weighted by atomic mass is 16.5. The fraction of sp³-hybridized carbons (Fsp3) is 0.357. The maximum Gasteiger partial charge on any atom is 0.258 e. The Bertz CT molecular complexity index is 505. The maximum atomic E-state index is 12.2. The summed E-state index contributed by atoms with van der Waals surface area (Å²) in [5.74, 6) is 3.54. The third-order valence-electron chi connectivity index (χ3n) is 2.61. The molecule has 0 fully saturated rings. The molecule has 0 N–H and O–H groups in total. The van der Waals surface area contributed by atoms with Gasteiger partial charge in [-0.3, -0.25) is 4.79 Å². The Morgan fingerprint density at radius 1 is 1.16 bits per heavy atom. The average Bonchev–Trinajstić information content (AvgIpc) is 2.45. The molecule has 5 heteroatoms. The van der Waals surface area contributed by atoms with Crippen LogP contribution in [0.15, 0.2) is 12.1 Å². The number of amides is 1. The van der Waals surface area contributed by atoms with Crippen molar-refractivity contribution in [3.05, 3.63) is 17.7 Å². The van der Waals surface area contributed by atoms with Crippen LogP contribution in [0.1, 0.15) is 10.4 Å². The van der Waals surface area contributed by atoms with Crippen molar-refractivity contribution >= 4 is 5.91 Å². The first kappa shape index (κ1) is 14.7. The zero-order valence-electron chi connectivity index (χ0n) is 11.5. The van der Waals surface area contributed by atoms with Crippen LogP contribution in [0, 0.1) is 12.3 Å². The lowest BCUT2D eigenvalue weighted by molar-refractivity contribution is 0.0808. The molecule has 1 rings (SSSR count). The predicted molar refractivity (Wildman–Crippen MR) is 71.9 cm³/mol. The highest BCUT2D eigenvalue weighted by molar-refractivity contribution is 5.97. The normalized spacial score (nSPS) is 9.42. The molecule has 0 bridgehead atoms. The number of terminal acetylenes is 1. The van der Waals surface area contributed by atoms with Gasteiger partial charge in [-0.25, -0.2) is 0 Å². The van der Waals surface area contributed by atoms with E-state index in [1.165, 1.54) is 26.2 Å². The number of hydrogen-bond acceptors (Lipinski definition) is 4. The van der Waals surface area contributed by atoms with Gasteiger partial charge in [0.25, 0.3) is 5.91 Å². The van der Waals surface area contributed by atoms with Gasteiger partial charge in [0.15, 0.2) is 11.5 Å². The van der Waals surface area contributed by atoms with Crippen molar-refractivity contribution in [2.75, 3.05) is 34.9 Å². The van der Waals surface area contributed by atoms with E-state index in [0.29, 0.717) is 22.8 Å². The molecule has 0 aromatic heterocycles. The van der Waals surface area contributed by atoms with Crippen molar-refractivity contribution in [1.82, 2.24) is 4.90 Å². The van der Waals surface area contributed by atoms with Gasteiger partial charge >= 0.3 is 0 Å². The second kappa shape index (κ2) is 6.55. The maximum absolute atomic E-state index is 12.2. The molecule has 1 aromatic carbocycles. The van der Waals surface area contributed by atoms with Gasteiger partial charge in [0.1, 0.15) is 5.75 Å². The van der Waals surface area contributed by atoms with E-state index in [4.69, 9.17) is 20.6 Å². The van der Waals surface area contributed by atoms with Gasteiger partial charge in [-0.05, 0) is 0 Å². The fourth-order valence-electron chi connectivity index (χ4n) is 1.61. The highest BCUT2D eigenvalue weighted by Crippen LogP contribution is 2.35. The average molecular weight is 263 g/mol. The van der Waals surface area contributed by atoms with Crippen molar-refractivity contribution in [2.45, 2.75) is 0 Å². The highest BCUT2D eigenvalue weighted by Gasteiger charge is 2.20. The Hall–Kier alpha value is -2.35. The summed E-state index contributed by atoms with van der Waals surface area (Å²) in [6, 6.07) is 3.18. The molecule has 0 heterocycles. The first-order valence-electron chi connectivity index (χ1n) is 5.58. The summed E-state index contributed by atoms with van der Waals surface area (Å²) in [4.78, 5) is 13.7. The van der Waals surface area contributed by atoms with Crippen LogP contribution >= 0.6 is 0 Å². The van der Waals surface area contributed by atoms with Gasteiger partial charge in [0.05, 0.1) is 33.4 Å². The van der Waals surface area contributed by atoms with E-state index >= 15 is 0 Å². The van der Waals surface area contributed by atoms with Crippen molar-refractivity contribution in [1.29, 1.82) is 0 Å². The second-order valence-corrected chi connectivity index (χ2v) is 3.77. The smallest absolute Gasteiger partial charge is 0.258 e. The molecule has 0 spiro atoms. The lowest BCUT2D eigenvalue weighted by atomic mass is 10.1. The molecule has 0 saturated heterocycles. The minimum atomic E-state index is -0.240. The molecular weight excluding hydrogens is 246 g/mol. The first-order chi connectivity index (χ1) is 9.08. The van der Waals surface area contributed by atoms with E-state index in [9.17, 15) is 4.79 Å². The van der Waals surface area contributed by atoms with Crippen LogP contribution in [0.25, 0.3) is 0 Å². The number of methoxy groups -OCH3 is 3. The molecule has 19 heavy (non-hydrogen) atoms. The van der Waals surface area contributed by atoms with Crippen molar-refractivity contribution in [3.63, 3.8) is 0 Å². The zero-order valence-corrected chi connectivity index (χ0v) is 11.5. The summed E-state index contributed by atoms with van der Waals surface area (Å²) in [7, 11) is 6.13. The van der Waals surface area contributed by atoms with Gasteiger partial charge in [0, 0.05) is 19.2 Å². The molecule has 5 nitrogen and oxygen atoms in total. The SMILES string of the molecule is C#CCN(C)C(=O)c1cc(OC)c(OC)cc1OC. The Kier molecular flexibility index (Phi) is 5.07. The lowest BCUT2D eigenvalue weighted by Gasteiger charge is -2.18. The third kappa shape index (κ3) is 3.10. The van der Waals surface area contributed by atoms with E-state index in [1.54, 1.807) is 19.2 Å². The van der Waals surface area contributed by atoms with Crippen LogP contribution in [0.5, 0.6) is 17.2 Å². The summed E-state index contributed by atoms with van der Waals surface area (Å²) in [5.41, 5.74) is 0.373. The zero-order chi connectivity index (χ0) is 14.4. The molecule has 0 saturated carbocycles. The van der Waals surface area contributed by atoms with Crippen LogP contribution in [-0.4, -0.2) is 45.7 Å². The Labute approximate surface area is 113 Å². The van der Waals surface area contributed by atoms with Gasteiger partial charge in [-0.1, -0.05) is 5.92 Å². The lowest BCUT2D eigenvalue weighted by Crippen LogP contribution is -2.27. The van der Waals surface area contributed by atoms with Crippen LogP contribution in [-0.2, 0) is 0 Å². The van der Waals surface area contributed by atoms with E-state index in [0.717, 1.165) is 0 Å². The predicted octanol–water partition coefficient (Wildman–Crippen LogP) is 1.42. The van der Waals surface area contributed by atoms with Gasteiger partial charge in [-0.2, -0.15) is 0 Å². The number of carbonyl (C=O) groups excluding carboxylic acids is 1. The van der Waals surface area contributed by atoms with Crippen LogP contribution in [0.3, 0.4) is 0 Å². The summed E-state index contributed by atoms with van der Waals surface area (Å²) >= 11 is 0. The van der Waals surface area contributed by atoms with E-state index in [2.05, 4.69) is 5.92 Å². The quantitative estimate of drug-likeness (QED) is 0.754. The Balaban J connectivity index is 3.26. The molecule has 0 atom stereocenters. The van der Waals surface area contributed by atoms with Crippen LogP contribution in [0.4, 0.5) is 0 Å². The number of ether oxygens (including phenoxy) is 3. The van der Waals surface area contributed by atoms with E-state index < -0.39 is 0 Å². The van der Waals surface area contributed by atoms with Crippen LogP contribution in [0.2, 0.25) is 0 Å². The molecule has 0 aliphatic rings. The molecular formula is C14H17NO4. The largest absolute Gasteiger partial charge is 0.496 e. The molecule has 0 aliphatic carbocycles. The minimum absolute atomic E-state index is 0.219. The number of benzene rings is 1. The first-order valence-corrected chi connectivity index (χ1v) is 5.58. The van der Waals surface area contributed by atoms with Gasteiger partial charge < -0.3 is 19.1 Å². The standard InChI is InChI=1S/C14H17NO4/c1-6-7-15(2)14(16)10-8-12(18-4)13(19-5)9-11(10)17-3/h1,8-9H,7H2,2-5H3. The number of carbonyl (C=O) groups is 1. The fourth-order valence-corrected chi connectivity index (χ4v) is 1.61. The topological polar surface area (TPSA) is 48.0 Å². The molecule has 0 radical (unpaired) electrons. The van der Waals surface area contributed by atoms with E-state index in [1.807, 2.05) is 0 Å². The van der Waals surface area contributed by atoms with Crippen molar-refractivity contribution in [3.8, 4) is 29.6 Å². The third-order valence-corrected chi connectivity index (χ3v) is 2.61. The van der Waals surface area contributed by atoms with Crippen LogP contribution < -0.4 is 14.2 Å². The summed E-state index contributed by atoms with van der Waals surface area (Å²) in [6.45, 7) is 0.219. The Morgan fingerprint density at radius 2 is 1.68 bits per heavy atom. The Morgan fingerprint density at radius 3 is 2.16 bits per heavy atom. The number of nitrogens with zero attached hydrogens (tertiary/aromatic N) is 1. The van der Waals surface area contributed by atoms with Crippen molar-refractivity contribution < 1.29 is 19.0 Å². The molecule has 1 aromatic rings. The van der Waals surface area contributed by atoms with Crippen molar-refractivity contribution in [2.24, 2.45) is 0 Å². The molecule has 1 amide bonds. The van der Waals surface area contributed by atoms with E-state index in [-0.39, 0.29) is 12.5 Å². The monoisotopic (exact) mass is 263 g/mol. The van der Waals surface area contributed by atoms with Gasteiger partial charge in [0.2, 0.25) is 0 Å². The second-order valence-electron chi connectivity index (χ2n) is 3.77. The summed E-state index contributed by atoms with van der Waals surface area (Å²) in [5, 5.41) is 0. The number of hydrogen-bond donors (Lipinski definition) is 0. The molecule has 102 valence electrons. The summed E-state index contributed by atoms with van der Waals surface area (Å²) in [6.07, 6.45) is 5.20. The molecule has 0 unspecified atom stereocenters. The van der Waals surface area contributed by atoms with Gasteiger partial charge in [-0.15, -0.1) is 6.42 Å². The number of rotatable bonds is 5. The molecule has 0 aliphatic heterocycles.